The van der Waals surface area contributed by atoms with Gasteiger partial charge in [-0.15, -0.1) is 0 Å². The van der Waals surface area contributed by atoms with E-state index in [1.807, 2.05) is 17.4 Å². The molecule has 26 heavy (non-hydrogen) atoms. The zero-order valence-corrected chi connectivity index (χ0v) is 15.7. The van der Waals surface area contributed by atoms with E-state index in [9.17, 15) is 0 Å². The number of H-pyrrole nitrogens is 1. The summed E-state index contributed by atoms with van der Waals surface area (Å²) in [5.74, 6) is 1.66. The fourth-order valence-corrected chi connectivity index (χ4v) is 4.90. The first kappa shape index (κ1) is 15.8. The summed E-state index contributed by atoms with van der Waals surface area (Å²) >= 11 is 1.83. The average molecular weight is 363 g/mol. The van der Waals surface area contributed by atoms with Crippen LogP contribution in [0.4, 0.5) is 5.13 Å². The molecule has 2 aromatic carbocycles. The van der Waals surface area contributed by atoms with Crippen molar-refractivity contribution < 1.29 is 0 Å². The highest BCUT2D eigenvalue weighted by Gasteiger charge is 2.24. The minimum atomic E-state index is 0.514. The average Bonchev–Trinajstić information content (AvgIpc) is 3.31. The second-order valence-electron chi connectivity index (χ2n) is 7.05. The first-order valence-corrected chi connectivity index (χ1v) is 10.2. The molecule has 5 heteroatoms. The van der Waals surface area contributed by atoms with Crippen molar-refractivity contribution in [3.8, 4) is 0 Å². The number of thiazole rings is 1. The number of aromatic nitrogens is 3. The smallest absolute Gasteiger partial charge is 0.186 e. The largest absolute Gasteiger partial charge is 0.348 e. The van der Waals surface area contributed by atoms with Crippen molar-refractivity contribution >= 4 is 37.7 Å². The molecular weight excluding hydrogens is 340 g/mol. The molecule has 0 saturated carbocycles. The Labute approximate surface area is 156 Å². The monoisotopic (exact) mass is 362 g/mol. The molecule has 4 aromatic rings. The molecule has 0 radical (unpaired) electrons. The van der Waals surface area contributed by atoms with Crippen molar-refractivity contribution in [2.24, 2.45) is 0 Å². The van der Waals surface area contributed by atoms with E-state index in [4.69, 9.17) is 9.97 Å². The molecule has 1 aliphatic rings. The number of piperidine rings is 1. The summed E-state index contributed by atoms with van der Waals surface area (Å²) in [5.41, 5.74) is 4.73. The van der Waals surface area contributed by atoms with E-state index in [1.54, 1.807) is 0 Å². The molecule has 0 spiro atoms. The molecule has 1 aliphatic heterocycles. The zero-order valence-electron chi connectivity index (χ0n) is 14.9. The van der Waals surface area contributed by atoms with Crippen LogP contribution in [0.3, 0.4) is 0 Å². The van der Waals surface area contributed by atoms with E-state index in [1.165, 1.54) is 10.3 Å². The van der Waals surface area contributed by atoms with E-state index < -0.39 is 0 Å². The third-order valence-electron chi connectivity index (χ3n) is 5.41. The number of para-hydroxylation sites is 2. The van der Waals surface area contributed by atoms with Gasteiger partial charge in [-0.1, -0.05) is 36.5 Å². The number of imidazole rings is 1. The van der Waals surface area contributed by atoms with Crippen LogP contribution < -0.4 is 4.90 Å². The molecule has 132 valence electrons. The van der Waals surface area contributed by atoms with Crippen LogP contribution in [0.2, 0.25) is 0 Å². The Bertz CT molecular complexity index is 1020. The number of hydrogen-bond acceptors (Lipinski definition) is 4. The highest BCUT2D eigenvalue weighted by Crippen LogP contribution is 2.34. The summed E-state index contributed by atoms with van der Waals surface area (Å²) in [7, 11) is 0. The van der Waals surface area contributed by atoms with Crippen molar-refractivity contribution in [2.45, 2.75) is 32.1 Å². The fraction of sp³-hybridized carbons (Fsp3) is 0.333. The van der Waals surface area contributed by atoms with Gasteiger partial charge in [0.05, 0.1) is 21.3 Å². The summed E-state index contributed by atoms with van der Waals surface area (Å²) in [6.45, 7) is 4.29. The first-order valence-electron chi connectivity index (χ1n) is 9.39. The standard InChI is InChI=1S/C21H22N4S/c1-2-14-7-8-18-19(13-14)26-21(24-18)25-11-9-15(10-12-25)20-22-16-5-3-4-6-17(16)23-20/h3-8,13,15H,2,9-12H2,1H3,(H,22,23). The SMILES string of the molecule is CCc1ccc2nc(N3CCC(c4nc5ccccc5[nH]4)CC3)sc2c1. The fourth-order valence-electron chi connectivity index (χ4n) is 3.82. The number of hydrogen-bond donors (Lipinski definition) is 1. The second-order valence-corrected chi connectivity index (χ2v) is 8.06. The van der Waals surface area contributed by atoms with Crippen LogP contribution in [-0.2, 0) is 6.42 Å². The maximum absolute atomic E-state index is 4.87. The maximum Gasteiger partial charge on any atom is 0.186 e. The lowest BCUT2D eigenvalue weighted by molar-refractivity contribution is 0.489. The Hall–Kier alpha value is -2.40. The molecule has 2 aromatic heterocycles. The van der Waals surface area contributed by atoms with Crippen LogP contribution in [-0.4, -0.2) is 28.0 Å². The van der Waals surface area contributed by atoms with Gasteiger partial charge in [-0.25, -0.2) is 9.97 Å². The van der Waals surface area contributed by atoms with Gasteiger partial charge in [0.15, 0.2) is 5.13 Å². The quantitative estimate of drug-likeness (QED) is 0.550. The second kappa shape index (κ2) is 6.40. The predicted molar refractivity (Wildman–Crippen MR) is 109 cm³/mol. The molecule has 1 fully saturated rings. The number of nitrogens with zero attached hydrogens (tertiary/aromatic N) is 3. The van der Waals surface area contributed by atoms with Crippen molar-refractivity contribution in [1.29, 1.82) is 0 Å². The number of anilines is 1. The summed E-state index contributed by atoms with van der Waals surface area (Å²) < 4.78 is 1.30. The number of fused-ring (bicyclic) bond motifs is 2. The molecule has 5 rings (SSSR count). The Morgan fingerprint density at radius 3 is 2.73 bits per heavy atom. The van der Waals surface area contributed by atoms with Gasteiger partial charge in [0.1, 0.15) is 5.82 Å². The third kappa shape index (κ3) is 2.76. The summed E-state index contributed by atoms with van der Waals surface area (Å²) in [4.78, 5) is 15.6. The van der Waals surface area contributed by atoms with Gasteiger partial charge in [0, 0.05) is 19.0 Å². The first-order chi connectivity index (χ1) is 12.8. The summed E-state index contributed by atoms with van der Waals surface area (Å²) in [6, 6.07) is 14.9. The summed E-state index contributed by atoms with van der Waals surface area (Å²) in [6.07, 6.45) is 3.32. The topological polar surface area (TPSA) is 44.8 Å². The number of nitrogens with one attached hydrogen (secondary N) is 1. The summed E-state index contributed by atoms with van der Waals surface area (Å²) in [5, 5.41) is 1.16. The minimum Gasteiger partial charge on any atom is -0.348 e. The van der Waals surface area contributed by atoms with Gasteiger partial charge in [-0.3, -0.25) is 0 Å². The molecule has 0 atom stereocenters. The number of aromatic amines is 1. The van der Waals surface area contributed by atoms with E-state index in [2.05, 4.69) is 53.2 Å². The third-order valence-corrected chi connectivity index (χ3v) is 6.49. The molecule has 0 amide bonds. The lowest BCUT2D eigenvalue weighted by Gasteiger charge is -2.30. The van der Waals surface area contributed by atoms with Crippen molar-refractivity contribution in [2.75, 3.05) is 18.0 Å². The van der Waals surface area contributed by atoms with Gasteiger partial charge in [0.2, 0.25) is 0 Å². The van der Waals surface area contributed by atoms with E-state index in [0.717, 1.165) is 59.9 Å². The number of benzene rings is 2. The van der Waals surface area contributed by atoms with Crippen molar-refractivity contribution in [1.82, 2.24) is 15.0 Å². The van der Waals surface area contributed by atoms with Gasteiger partial charge in [-0.2, -0.15) is 0 Å². The Balaban J connectivity index is 1.33. The zero-order chi connectivity index (χ0) is 17.5. The van der Waals surface area contributed by atoms with Crippen molar-refractivity contribution in [3.63, 3.8) is 0 Å². The molecule has 3 heterocycles. The van der Waals surface area contributed by atoms with Crippen LogP contribution in [0, 0.1) is 0 Å². The Kier molecular flexibility index (Phi) is 3.89. The van der Waals surface area contributed by atoms with Crippen LogP contribution in [0.5, 0.6) is 0 Å². The highest BCUT2D eigenvalue weighted by molar-refractivity contribution is 7.22. The number of rotatable bonds is 3. The van der Waals surface area contributed by atoms with Gasteiger partial charge >= 0.3 is 0 Å². The van der Waals surface area contributed by atoms with Gasteiger partial charge in [0.25, 0.3) is 0 Å². The Morgan fingerprint density at radius 2 is 1.92 bits per heavy atom. The van der Waals surface area contributed by atoms with E-state index >= 15 is 0 Å². The number of aryl methyl sites for hydroxylation is 1. The molecule has 1 N–H and O–H groups in total. The van der Waals surface area contributed by atoms with E-state index in [0.29, 0.717) is 5.92 Å². The Morgan fingerprint density at radius 1 is 1.08 bits per heavy atom. The molecule has 1 saturated heterocycles. The van der Waals surface area contributed by atoms with Crippen LogP contribution in [0.1, 0.15) is 37.1 Å². The lowest BCUT2D eigenvalue weighted by Crippen LogP contribution is -2.33. The molecule has 0 bridgehead atoms. The van der Waals surface area contributed by atoms with Crippen LogP contribution >= 0.6 is 11.3 Å². The van der Waals surface area contributed by atoms with Crippen LogP contribution in [0.15, 0.2) is 42.5 Å². The predicted octanol–water partition coefficient (Wildman–Crippen LogP) is 5.12. The van der Waals surface area contributed by atoms with Gasteiger partial charge < -0.3 is 9.88 Å². The minimum absolute atomic E-state index is 0.514. The molecule has 0 aliphatic carbocycles. The highest BCUT2D eigenvalue weighted by atomic mass is 32.1. The molecule has 4 nitrogen and oxygen atoms in total. The van der Waals surface area contributed by atoms with Crippen molar-refractivity contribution in [3.05, 3.63) is 53.9 Å². The molecule has 0 unspecified atom stereocenters. The normalized spacial score (nSPS) is 16.0. The lowest BCUT2D eigenvalue weighted by atomic mass is 9.96. The van der Waals surface area contributed by atoms with Crippen LogP contribution in [0.25, 0.3) is 21.3 Å². The van der Waals surface area contributed by atoms with Gasteiger partial charge in [-0.05, 0) is 49.1 Å². The molecular formula is C21H22N4S. The maximum atomic E-state index is 4.87. The van der Waals surface area contributed by atoms with E-state index in [-0.39, 0.29) is 0 Å².